The SMILES string of the molecule is O=S(=O)(c1ccc2c(c1)c(N=NC(=S)Cc1ccccc1F)c(O)n2Cc1ccc(Cl)cc1)N1CCOCC1. The van der Waals surface area contributed by atoms with Crippen molar-refractivity contribution < 1.29 is 22.7 Å². The molecule has 3 aromatic carbocycles. The Morgan fingerprint density at radius 3 is 2.51 bits per heavy atom. The van der Waals surface area contributed by atoms with Crippen molar-refractivity contribution in [3.8, 4) is 5.88 Å². The Labute approximate surface area is 235 Å². The van der Waals surface area contributed by atoms with Gasteiger partial charge in [0.25, 0.3) is 0 Å². The Morgan fingerprint density at radius 1 is 1.08 bits per heavy atom. The van der Waals surface area contributed by atoms with Gasteiger partial charge < -0.3 is 14.4 Å². The third-order valence-corrected chi connectivity index (χ3v) is 8.78. The molecule has 0 spiro atoms. The van der Waals surface area contributed by atoms with Crippen molar-refractivity contribution in [2.45, 2.75) is 17.9 Å². The molecule has 12 heteroatoms. The topological polar surface area (TPSA) is 96.5 Å². The zero-order valence-corrected chi connectivity index (χ0v) is 23.0. The summed E-state index contributed by atoms with van der Waals surface area (Å²) >= 11 is 11.3. The molecule has 1 N–H and O–H groups in total. The van der Waals surface area contributed by atoms with Gasteiger partial charge in [-0.1, -0.05) is 54.2 Å². The zero-order valence-electron chi connectivity index (χ0n) is 20.6. The van der Waals surface area contributed by atoms with Crippen LogP contribution in [0.5, 0.6) is 5.88 Å². The van der Waals surface area contributed by atoms with Gasteiger partial charge in [0, 0.05) is 29.9 Å². The molecule has 1 aromatic heterocycles. The number of aromatic hydroxyl groups is 1. The van der Waals surface area contributed by atoms with Gasteiger partial charge in [0.1, 0.15) is 10.8 Å². The van der Waals surface area contributed by atoms with Crippen LogP contribution >= 0.6 is 23.8 Å². The number of nitrogens with zero attached hydrogens (tertiary/aromatic N) is 4. The first kappa shape index (κ1) is 27.4. The summed E-state index contributed by atoms with van der Waals surface area (Å²) in [6.45, 7) is 1.40. The van der Waals surface area contributed by atoms with Gasteiger partial charge in [0.05, 0.1) is 30.2 Å². The van der Waals surface area contributed by atoms with Crippen LogP contribution in [0.4, 0.5) is 10.1 Å². The van der Waals surface area contributed by atoms with E-state index in [1.165, 1.54) is 22.5 Å². The number of aromatic nitrogens is 1. The van der Waals surface area contributed by atoms with E-state index in [0.29, 0.717) is 34.7 Å². The van der Waals surface area contributed by atoms with Crippen LogP contribution in [0.2, 0.25) is 5.02 Å². The fraction of sp³-hybridized carbons (Fsp3) is 0.222. The summed E-state index contributed by atoms with van der Waals surface area (Å²) in [4.78, 5) is 0.168. The molecule has 0 aliphatic carbocycles. The van der Waals surface area contributed by atoms with Gasteiger partial charge in [-0.25, -0.2) is 12.8 Å². The number of morpholine rings is 1. The summed E-state index contributed by atoms with van der Waals surface area (Å²) in [5.74, 6) is -0.617. The largest absolute Gasteiger partial charge is 0.493 e. The molecule has 5 rings (SSSR count). The molecule has 39 heavy (non-hydrogen) atoms. The summed E-state index contributed by atoms with van der Waals surface area (Å²) < 4.78 is 49.0. The summed E-state index contributed by atoms with van der Waals surface area (Å²) in [6.07, 6.45) is 0.0480. The Hall–Kier alpha value is -3.22. The van der Waals surface area contributed by atoms with Crippen LogP contribution in [0.15, 0.2) is 81.9 Å². The molecular formula is C27H24ClFN4O4S2. The Balaban J connectivity index is 1.56. The van der Waals surface area contributed by atoms with Crippen molar-refractivity contribution in [2.75, 3.05) is 26.3 Å². The van der Waals surface area contributed by atoms with Gasteiger partial charge in [0.2, 0.25) is 15.9 Å². The average Bonchev–Trinajstić information content (AvgIpc) is 3.20. The van der Waals surface area contributed by atoms with Gasteiger partial charge >= 0.3 is 0 Å². The number of halogens is 2. The lowest BCUT2D eigenvalue weighted by atomic mass is 10.1. The maximum Gasteiger partial charge on any atom is 0.243 e. The highest BCUT2D eigenvalue weighted by atomic mass is 35.5. The number of thiocarbonyl (C=S) groups is 1. The molecule has 1 fully saturated rings. The summed E-state index contributed by atoms with van der Waals surface area (Å²) in [5.41, 5.74) is 1.84. The second-order valence-corrected chi connectivity index (χ2v) is 11.8. The Kier molecular flexibility index (Phi) is 8.06. The zero-order chi connectivity index (χ0) is 27.6. The molecule has 0 bridgehead atoms. The highest BCUT2D eigenvalue weighted by Gasteiger charge is 2.28. The van der Waals surface area contributed by atoms with Gasteiger partial charge in [-0.05, 0) is 47.5 Å². The summed E-state index contributed by atoms with van der Waals surface area (Å²) in [6, 6.07) is 18.0. The maximum atomic E-state index is 14.1. The first-order chi connectivity index (χ1) is 18.7. The van der Waals surface area contributed by atoms with E-state index >= 15 is 0 Å². The quantitative estimate of drug-likeness (QED) is 0.216. The third kappa shape index (κ3) is 5.87. The third-order valence-electron chi connectivity index (χ3n) is 6.40. The van der Waals surface area contributed by atoms with Crippen LogP contribution in [0.25, 0.3) is 10.9 Å². The van der Waals surface area contributed by atoms with Crippen molar-refractivity contribution in [1.82, 2.24) is 8.87 Å². The number of azo groups is 1. The van der Waals surface area contributed by atoms with Crippen molar-refractivity contribution in [1.29, 1.82) is 0 Å². The summed E-state index contributed by atoms with van der Waals surface area (Å²) in [7, 11) is -3.81. The molecule has 1 aliphatic rings. The Bertz CT molecular complexity index is 1670. The molecular weight excluding hydrogens is 563 g/mol. The van der Waals surface area contributed by atoms with Crippen molar-refractivity contribution in [3.05, 3.63) is 88.7 Å². The molecule has 0 amide bonds. The maximum absolute atomic E-state index is 14.1. The van der Waals surface area contributed by atoms with E-state index in [1.54, 1.807) is 41.0 Å². The smallest absolute Gasteiger partial charge is 0.243 e. The molecule has 0 unspecified atom stereocenters. The molecule has 2 heterocycles. The fourth-order valence-corrected chi connectivity index (χ4v) is 6.13. The predicted octanol–water partition coefficient (Wildman–Crippen LogP) is 5.86. The number of rotatable bonds is 7. The summed E-state index contributed by atoms with van der Waals surface area (Å²) in [5, 5.41) is 20.5. The molecule has 0 saturated carbocycles. The van der Waals surface area contributed by atoms with Crippen molar-refractivity contribution in [2.24, 2.45) is 10.2 Å². The van der Waals surface area contributed by atoms with Crippen LogP contribution in [-0.2, 0) is 27.7 Å². The van der Waals surface area contributed by atoms with E-state index in [2.05, 4.69) is 10.2 Å². The number of sulfonamides is 1. The minimum atomic E-state index is -3.81. The number of benzene rings is 3. The number of fused-ring (bicyclic) bond motifs is 1. The van der Waals surface area contributed by atoms with E-state index < -0.39 is 15.8 Å². The van der Waals surface area contributed by atoms with Crippen LogP contribution in [0.3, 0.4) is 0 Å². The van der Waals surface area contributed by atoms with Gasteiger partial charge in [-0.15, -0.1) is 10.2 Å². The fourth-order valence-electron chi connectivity index (χ4n) is 4.38. The van der Waals surface area contributed by atoms with E-state index in [0.717, 1.165) is 5.56 Å². The normalized spacial score (nSPS) is 14.8. The van der Waals surface area contributed by atoms with E-state index in [9.17, 15) is 17.9 Å². The standard InChI is InChI=1S/C27H24ClFN4O4S2/c28-20-7-5-18(6-8-20)17-33-24-10-9-21(39(35,36)32-11-13-37-14-12-32)16-22(24)26(27(33)34)31-30-25(38)15-19-3-1-2-4-23(19)29/h1-10,16,34H,11-15,17H2. The average molecular weight is 587 g/mol. The second kappa shape index (κ2) is 11.5. The van der Waals surface area contributed by atoms with Crippen LogP contribution in [-0.4, -0.2) is 53.7 Å². The van der Waals surface area contributed by atoms with Crippen LogP contribution in [0.1, 0.15) is 11.1 Å². The lowest BCUT2D eigenvalue weighted by Crippen LogP contribution is -2.40. The molecule has 202 valence electrons. The molecule has 4 aromatic rings. The van der Waals surface area contributed by atoms with Gasteiger partial charge in [0.15, 0.2) is 5.69 Å². The molecule has 1 aliphatic heterocycles. The minimum absolute atomic E-state index is 0.0480. The lowest BCUT2D eigenvalue weighted by Gasteiger charge is -2.26. The van der Waals surface area contributed by atoms with Crippen molar-refractivity contribution in [3.63, 3.8) is 0 Å². The highest BCUT2D eigenvalue weighted by Crippen LogP contribution is 2.41. The Morgan fingerprint density at radius 2 is 1.79 bits per heavy atom. The first-order valence-electron chi connectivity index (χ1n) is 12.1. The van der Waals surface area contributed by atoms with E-state index in [-0.39, 0.29) is 47.5 Å². The highest BCUT2D eigenvalue weighted by molar-refractivity contribution is 7.89. The van der Waals surface area contributed by atoms with Gasteiger partial charge in [-0.3, -0.25) is 0 Å². The van der Waals surface area contributed by atoms with Crippen LogP contribution in [0, 0.1) is 5.82 Å². The second-order valence-electron chi connectivity index (χ2n) is 8.94. The predicted molar refractivity (Wildman–Crippen MR) is 151 cm³/mol. The van der Waals surface area contributed by atoms with E-state index in [4.69, 9.17) is 28.6 Å². The number of hydrogen-bond donors (Lipinski definition) is 1. The van der Waals surface area contributed by atoms with Crippen molar-refractivity contribution >= 4 is 55.4 Å². The first-order valence-corrected chi connectivity index (χ1v) is 14.3. The molecule has 1 saturated heterocycles. The monoisotopic (exact) mass is 586 g/mol. The molecule has 8 nitrogen and oxygen atoms in total. The number of hydrogen-bond acceptors (Lipinski definition) is 6. The van der Waals surface area contributed by atoms with Crippen LogP contribution < -0.4 is 0 Å². The lowest BCUT2D eigenvalue weighted by molar-refractivity contribution is 0.0730. The van der Waals surface area contributed by atoms with Gasteiger partial charge in [-0.2, -0.15) is 4.31 Å². The van der Waals surface area contributed by atoms with E-state index in [1.807, 2.05) is 12.1 Å². The number of ether oxygens (including phenoxy) is 1. The molecule has 0 radical (unpaired) electrons. The minimum Gasteiger partial charge on any atom is -0.493 e. The molecule has 0 atom stereocenters.